The van der Waals surface area contributed by atoms with Crippen molar-refractivity contribution >= 4 is 21.8 Å². The van der Waals surface area contributed by atoms with E-state index in [-0.39, 0.29) is 11.5 Å². The van der Waals surface area contributed by atoms with Gasteiger partial charge in [0.15, 0.2) is 0 Å². The molecule has 0 saturated heterocycles. The highest BCUT2D eigenvalue weighted by molar-refractivity contribution is 9.10. The molecule has 5 heteroatoms. The molecule has 2 heterocycles. The Kier molecular flexibility index (Phi) is 3.53. The lowest BCUT2D eigenvalue weighted by Gasteiger charge is -2.37. The second-order valence-electron chi connectivity index (χ2n) is 7.18. The van der Waals surface area contributed by atoms with Crippen molar-refractivity contribution in [1.82, 2.24) is 9.88 Å². The van der Waals surface area contributed by atoms with Crippen molar-refractivity contribution < 1.29 is 4.79 Å². The van der Waals surface area contributed by atoms with E-state index in [1.807, 2.05) is 6.20 Å². The van der Waals surface area contributed by atoms with Crippen molar-refractivity contribution in [1.29, 1.82) is 0 Å². The van der Waals surface area contributed by atoms with Gasteiger partial charge in [-0.3, -0.25) is 9.78 Å². The van der Waals surface area contributed by atoms with Gasteiger partial charge in [0.2, 0.25) is 5.91 Å². The molecule has 0 spiro atoms. The average Bonchev–Trinajstić information content (AvgIpc) is 3.02. The highest BCUT2D eigenvalue weighted by atomic mass is 79.9. The Hall–Kier alpha value is -0.940. The van der Waals surface area contributed by atoms with E-state index in [0.717, 1.165) is 42.4 Å². The minimum absolute atomic E-state index is 0.156. The van der Waals surface area contributed by atoms with Crippen LogP contribution in [0.3, 0.4) is 0 Å². The molecule has 1 aromatic heterocycles. The number of halogens is 1. The van der Waals surface area contributed by atoms with Gasteiger partial charge in [0.1, 0.15) is 0 Å². The van der Waals surface area contributed by atoms with Crippen molar-refractivity contribution in [3.63, 3.8) is 0 Å². The normalized spacial score (nSPS) is 33.6. The number of pyridine rings is 1. The van der Waals surface area contributed by atoms with Crippen molar-refractivity contribution in [3.8, 4) is 0 Å². The lowest BCUT2D eigenvalue weighted by molar-refractivity contribution is -0.144. The van der Waals surface area contributed by atoms with Gasteiger partial charge in [-0.2, -0.15) is 0 Å². The number of rotatable bonds is 1. The summed E-state index contributed by atoms with van der Waals surface area (Å²) in [5.74, 6) is 0.866. The zero-order valence-electron chi connectivity index (χ0n) is 12.7. The Bertz CT molecular complexity index is 620. The van der Waals surface area contributed by atoms with E-state index in [1.165, 1.54) is 18.4 Å². The number of nitrogens with two attached hydrogens (primary N) is 1. The highest BCUT2D eigenvalue weighted by Gasteiger charge is 2.55. The molecule has 1 aromatic rings. The number of carbonyl (C=O) groups is 1. The van der Waals surface area contributed by atoms with E-state index < -0.39 is 0 Å². The van der Waals surface area contributed by atoms with Gasteiger partial charge in [-0.05, 0) is 59.2 Å². The predicted octanol–water partition coefficient (Wildman–Crippen LogP) is 2.64. The molecule has 0 unspecified atom stereocenters. The molecule has 1 amide bonds. The molecular formula is C17H22BrN3O. The first-order chi connectivity index (χ1) is 10.6. The number of fused-ring (bicyclic) bond motifs is 2. The predicted molar refractivity (Wildman–Crippen MR) is 88.0 cm³/mol. The van der Waals surface area contributed by atoms with Crippen molar-refractivity contribution in [2.24, 2.45) is 17.1 Å². The van der Waals surface area contributed by atoms with Crippen molar-refractivity contribution in [2.75, 3.05) is 6.54 Å². The average molecular weight is 364 g/mol. The zero-order valence-corrected chi connectivity index (χ0v) is 14.3. The van der Waals surface area contributed by atoms with Crippen LogP contribution in [0.25, 0.3) is 0 Å². The van der Waals surface area contributed by atoms with Gasteiger partial charge in [-0.1, -0.05) is 6.42 Å². The molecule has 1 aliphatic heterocycles. The lowest BCUT2D eigenvalue weighted by atomic mass is 9.78. The number of aromatic nitrogens is 1. The smallest absolute Gasteiger partial charge is 0.229 e. The fourth-order valence-corrected chi connectivity index (χ4v) is 5.31. The van der Waals surface area contributed by atoms with Crippen LogP contribution in [0.5, 0.6) is 0 Å². The van der Waals surface area contributed by atoms with E-state index >= 15 is 0 Å². The SMILES string of the molecule is N[C@@H]1C[C@H]2CCC[C@@]2(C(=O)N2CCc3ncc(Br)cc3C2)C1. The second kappa shape index (κ2) is 5.31. The quantitative estimate of drug-likeness (QED) is 0.834. The minimum atomic E-state index is -0.156. The monoisotopic (exact) mass is 363 g/mol. The maximum absolute atomic E-state index is 13.3. The van der Waals surface area contributed by atoms with Crippen LogP contribution in [-0.2, 0) is 17.8 Å². The van der Waals surface area contributed by atoms with Gasteiger partial charge in [0.05, 0.1) is 5.41 Å². The number of carbonyl (C=O) groups excluding carboxylic acids is 1. The minimum Gasteiger partial charge on any atom is -0.337 e. The van der Waals surface area contributed by atoms with E-state index in [9.17, 15) is 4.79 Å². The van der Waals surface area contributed by atoms with Crippen LogP contribution in [0, 0.1) is 11.3 Å². The zero-order chi connectivity index (χ0) is 15.3. The van der Waals surface area contributed by atoms with Gasteiger partial charge in [-0.25, -0.2) is 0 Å². The molecule has 2 saturated carbocycles. The Labute approximate surface area is 139 Å². The van der Waals surface area contributed by atoms with Crippen molar-refractivity contribution in [2.45, 2.75) is 51.1 Å². The maximum atomic E-state index is 13.3. The Morgan fingerprint density at radius 2 is 2.36 bits per heavy atom. The summed E-state index contributed by atoms with van der Waals surface area (Å²) in [7, 11) is 0. The van der Waals surface area contributed by atoms with Gasteiger partial charge >= 0.3 is 0 Å². The molecular weight excluding hydrogens is 342 g/mol. The largest absolute Gasteiger partial charge is 0.337 e. The molecule has 22 heavy (non-hydrogen) atoms. The van der Waals surface area contributed by atoms with Crippen LogP contribution in [0.15, 0.2) is 16.7 Å². The molecule has 4 nitrogen and oxygen atoms in total. The summed E-state index contributed by atoms with van der Waals surface area (Å²) in [6.07, 6.45) is 8.01. The molecule has 3 atom stereocenters. The molecule has 2 N–H and O–H groups in total. The standard InChI is InChI=1S/C17H22BrN3O/c18-13-6-11-10-21(5-3-15(11)20-9-13)16(22)17-4-1-2-12(17)7-14(19)8-17/h6,9,12,14H,1-5,7-8,10,19H2/t12-,14-,17-/m1/s1. The Morgan fingerprint density at radius 1 is 1.50 bits per heavy atom. The van der Waals surface area contributed by atoms with Crippen molar-refractivity contribution in [3.05, 3.63) is 28.0 Å². The summed E-state index contributed by atoms with van der Waals surface area (Å²) in [6.45, 7) is 1.49. The number of nitrogens with zero attached hydrogens (tertiary/aromatic N) is 2. The van der Waals surface area contributed by atoms with Gasteiger partial charge in [-0.15, -0.1) is 0 Å². The van der Waals surface area contributed by atoms with E-state index in [1.54, 1.807) is 0 Å². The fraction of sp³-hybridized carbons (Fsp3) is 0.647. The third kappa shape index (κ3) is 2.21. The van der Waals surface area contributed by atoms with Crippen LogP contribution in [-0.4, -0.2) is 28.4 Å². The summed E-state index contributed by atoms with van der Waals surface area (Å²) in [5.41, 5.74) is 8.35. The summed E-state index contributed by atoms with van der Waals surface area (Å²) in [4.78, 5) is 19.8. The molecule has 118 valence electrons. The first-order valence-electron chi connectivity index (χ1n) is 8.27. The molecule has 2 fully saturated rings. The number of hydrogen-bond acceptors (Lipinski definition) is 3. The highest BCUT2D eigenvalue weighted by Crippen LogP contribution is 2.55. The molecule has 0 bridgehead atoms. The van der Waals surface area contributed by atoms with Crippen LogP contribution in [0.2, 0.25) is 0 Å². The Morgan fingerprint density at radius 3 is 3.23 bits per heavy atom. The third-order valence-electron chi connectivity index (χ3n) is 5.89. The van der Waals surface area contributed by atoms with Crippen LogP contribution >= 0.6 is 15.9 Å². The first-order valence-corrected chi connectivity index (χ1v) is 9.06. The molecule has 0 aromatic carbocycles. The third-order valence-corrected chi connectivity index (χ3v) is 6.32. The lowest BCUT2D eigenvalue weighted by Crippen LogP contribution is -2.46. The summed E-state index contributed by atoms with van der Waals surface area (Å²) in [5, 5.41) is 0. The summed E-state index contributed by atoms with van der Waals surface area (Å²) < 4.78 is 0.986. The van der Waals surface area contributed by atoms with Gasteiger partial charge < -0.3 is 10.6 Å². The maximum Gasteiger partial charge on any atom is 0.229 e. The molecule has 3 aliphatic rings. The molecule has 4 rings (SSSR count). The fourth-order valence-electron chi connectivity index (χ4n) is 4.93. The Balaban J connectivity index is 1.59. The van der Waals surface area contributed by atoms with Gasteiger partial charge in [0.25, 0.3) is 0 Å². The topological polar surface area (TPSA) is 59.2 Å². The summed E-state index contributed by atoms with van der Waals surface area (Å²) >= 11 is 3.48. The second-order valence-corrected chi connectivity index (χ2v) is 8.10. The molecule has 0 radical (unpaired) electrons. The van der Waals surface area contributed by atoms with E-state index in [2.05, 4.69) is 31.9 Å². The number of hydrogen-bond donors (Lipinski definition) is 1. The summed E-state index contributed by atoms with van der Waals surface area (Å²) in [6, 6.07) is 2.31. The van der Waals surface area contributed by atoms with Gasteiger partial charge in [0, 0.05) is 41.9 Å². The molecule has 2 aliphatic carbocycles. The first kappa shape index (κ1) is 14.6. The van der Waals surface area contributed by atoms with E-state index in [4.69, 9.17) is 5.73 Å². The van der Waals surface area contributed by atoms with E-state index in [0.29, 0.717) is 18.4 Å². The van der Waals surface area contributed by atoms with Crippen LogP contribution in [0.4, 0.5) is 0 Å². The number of amides is 1. The van der Waals surface area contributed by atoms with Crippen LogP contribution in [0.1, 0.15) is 43.4 Å². The van der Waals surface area contributed by atoms with Crippen LogP contribution < -0.4 is 5.73 Å².